The summed E-state index contributed by atoms with van der Waals surface area (Å²) in [5, 5.41) is 2.92. The topological polar surface area (TPSA) is 54.9 Å². The quantitative estimate of drug-likeness (QED) is 0.684. The number of aldehydes is 1. The molecule has 6 heteroatoms. The molecule has 0 bridgehead atoms. The van der Waals surface area contributed by atoms with Crippen LogP contribution in [0.3, 0.4) is 0 Å². The van der Waals surface area contributed by atoms with Gasteiger partial charge < -0.3 is 5.32 Å². The predicted molar refractivity (Wildman–Crippen MR) is 66.8 cm³/mol. The van der Waals surface area contributed by atoms with Gasteiger partial charge in [0.05, 0.1) is 5.56 Å². The highest BCUT2D eigenvalue weighted by atomic mass is 35.5. The fraction of sp³-hybridized carbons (Fsp3) is 0.0833. The fourth-order valence-corrected chi connectivity index (χ4v) is 1.63. The lowest BCUT2D eigenvalue weighted by Gasteiger charge is -2.10. The predicted octanol–water partition coefficient (Wildman–Crippen LogP) is 3.13. The van der Waals surface area contributed by atoms with Gasteiger partial charge in [-0.3, -0.25) is 4.79 Å². The Balaban J connectivity index is 2.43. The van der Waals surface area contributed by atoms with E-state index < -0.39 is 0 Å². The number of hydrogen-bond acceptors (Lipinski definition) is 4. The van der Waals surface area contributed by atoms with E-state index in [0.717, 1.165) is 0 Å². The SMILES string of the molecule is Cc1c(F)cccc1Nc1ncnc(Cl)c1C=O. The van der Waals surface area contributed by atoms with Gasteiger partial charge >= 0.3 is 0 Å². The van der Waals surface area contributed by atoms with Gasteiger partial charge in [-0.15, -0.1) is 0 Å². The summed E-state index contributed by atoms with van der Waals surface area (Å²) in [5.74, 6) is -0.0912. The molecule has 0 fully saturated rings. The third-order valence-corrected chi connectivity index (χ3v) is 2.78. The van der Waals surface area contributed by atoms with Crippen LogP contribution < -0.4 is 5.32 Å². The molecule has 18 heavy (non-hydrogen) atoms. The number of nitrogens with zero attached hydrogens (tertiary/aromatic N) is 2. The van der Waals surface area contributed by atoms with E-state index in [0.29, 0.717) is 17.5 Å². The molecule has 1 N–H and O–H groups in total. The molecule has 92 valence electrons. The molecule has 1 aromatic heterocycles. The molecule has 1 aromatic carbocycles. The lowest BCUT2D eigenvalue weighted by atomic mass is 10.2. The van der Waals surface area contributed by atoms with Gasteiger partial charge in [0, 0.05) is 11.3 Å². The van der Waals surface area contributed by atoms with E-state index in [9.17, 15) is 9.18 Å². The second-order valence-corrected chi connectivity index (χ2v) is 3.94. The van der Waals surface area contributed by atoms with Crippen LogP contribution in [0.25, 0.3) is 0 Å². The minimum Gasteiger partial charge on any atom is -0.339 e. The zero-order valence-electron chi connectivity index (χ0n) is 9.45. The van der Waals surface area contributed by atoms with Crippen LogP contribution in [-0.2, 0) is 0 Å². The van der Waals surface area contributed by atoms with Crippen molar-refractivity contribution in [3.63, 3.8) is 0 Å². The summed E-state index contributed by atoms with van der Waals surface area (Å²) in [6.45, 7) is 1.63. The molecule has 0 aliphatic heterocycles. The van der Waals surface area contributed by atoms with Gasteiger partial charge in [-0.2, -0.15) is 0 Å². The summed E-state index contributed by atoms with van der Waals surface area (Å²) in [6.07, 6.45) is 1.78. The minimum atomic E-state index is -0.340. The van der Waals surface area contributed by atoms with Crippen molar-refractivity contribution in [1.29, 1.82) is 0 Å². The first-order chi connectivity index (χ1) is 8.63. The maximum atomic E-state index is 13.4. The van der Waals surface area contributed by atoms with Gasteiger partial charge in [0.2, 0.25) is 0 Å². The monoisotopic (exact) mass is 265 g/mol. The van der Waals surface area contributed by atoms with Gasteiger partial charge in [-0.05, 0) is 19.1 Å². The smallest absolute Gasteiger partial charge is 0.156 e. The fourth-order valence-electron chi connectivity index (χ4n) is 1.45. The van der Waals surface area contributed by atoms with E-state index in [2.05, 4.69) is 15.3 Å². The molecule has 2 aromatic rings. The summed E-state index contributed by atoms with van der Waals surface area (Å²) in [6, 6.07) is 4.60. The van der Waals surface area contributed by atoms with Crippen molar-refractivity contribution in [3.8, 4) is 0 Å². The first-order valence-electron chi connectivity index (χ1n) is 5.11. The third kappa shape index (κ3) is 2.31. The van der Waals surface area contributed by atoms with Crippen LogP contribution >= 0.6 is 11.6 Å². The molecule has 2 rings (SSSR count). The van der Waals surface area contributed by atoms with Gasteiger partial charge in [0.1, 0.15) is 23.1 Å². The normalized spacial score (nSPS) is 10.2. The molecule has 0 aliphatic carbocycles. The molecule has 0 saturated carbocycles. The highest BCUT2D eigenvalue weighted by Crippen LogP contribution is 2.24. The highest BCUT2D eigenvalue weighted by Gasteiger charge is 2.11. The van der Waals surface area contributed by atoms with Crippen molar-refractivity contribution in [2.45, 2.75) is 6.92 Å². The lowest BCUT2D eigenvalue weighted by Crippen LogP contribution is -2.02. The molecule has 0 spiro atoms. The first-order valence-corrected chi connectivity index (χ1v) is 5.49. The summed E-state index contributed by atoms with van der Waals surface area (Å²) >= 11 is 5.77. The van der Waals surface area contributed by atoms with Gasteiger partial charge in [-0.1, -0.05) is 17.7 Å². The van der Waals surface area contributed by atoms with Crippen LogP contribution in [0.5, 0.6) is 0 Å². The number of carbonyl (C=O) groups is 1. The lowest BCUT2D eigenvalue weighted by molar-refractivity contribution is 0.112. The average Bonchev–Trinajstić information content (AvgIpc) is 2.35. The molecule has 0 saturated heterocycles. The Morgan fingerprint density at radius 3 is 2.89 bits per heavy atom. The molecule has 0 amide bonds. The maximum absolute atomic E-state index is 13.4. The summed E-state index contributed by atoms with van der Waals surface area (Å²) in [5.41, 5.74) is 1.10. The number of carbonyl (C=O) groups excluding carboxylic acids is 1. The van der Waals surface area contributed by atoms with Crippen LogP contribution in [0.1, 0.15) is 15.9 Å². The number of rotatable bonds is 3. The summed E-state index contributed by atoms with van der Waals surface area (Å²) in [4.78, 5) is 18.5. The standard InChI is InChI=1S/C12H9ClFN3O/c1-7-9(14)3-2-4-10(7)17-12-8(5-18)11(13)15-6-16-12/h2-6H,1H3,(H,15,16,17). The van der Waals surface area contributed by atoms with Gasteiger partial charge in [0.25, 0.3) is 0 Å². The maximum Gasteiger partial charge on any atom is 0.156 e. The molecule has 1 heterocycles. The van der Waals surface area contributed by atoms with Crippen molar-refractivity contribution in [1.82, 2.24) is 9.97 Å². The van der Waals surface area contributed by atoms with Crippen molar-refractivity contribution < 1.29 is 9.18 Å². The zero-order valence-corrected chi connectivity index (χ0v) is 10.2. The molecule has 0 atom stereocenters. The Morgan fingerprint density at radius 1 is 1.39 bits per heavy atom. The number of hydrogen-bond donors (Lipinski definition) is 1. The van der Waals surface area contributed by atoms with Crippen molar-refractivity contribution >= 4 is 29.4 Å². The van der Waals surface area contributed by atoms with E-state index in [1.165, 1.54) is 12.4 Å². The Bertz CT molecular complexity index is 604. The van der Waals surface area contributed by atoms with E-state index in [1.807, 2.05) is 0 Å². The van der Waals surface area contributed by atoms with Crippen LogP contribution in [0.2, 0.25) is 5.15 Å². The number of nitrogens with one attached hydrogen (secondary N) is 1. The summed E-state index contributed by atoms with van der Waals surface area (Å²) < 4.78 is 13.4. The van der Waals surface area contributed by atoms with Crippen LogP contribution in [-0.4, -0.2) is 16.3 Å². The first kappa shape index (κ1) is 12.4. The Labute approximate surface area is 108 Å². The second kappa shape index (κ2) is 5.10. The minimum absolute atomic E-state index is 0.0524. The Kier molecular flexibility index (Phi) is 3.53. The van der Waals surface area contributed by atoms with Crippen LogP contribution in [0.4, 0.5) is 15.9 Å². The number of halogens is 2. The van der Waals surface area contributed by atoms with Crippen molar-refractivity contribution in [2.75, 3.05) is 5.32 Å². The molecular weight excluding hydrogens is 257 g/mol. The van der Waals surface area contributed by atoms with Gasteiger partial charge in [0.15, 0.2) is 6.29 Å². The number of aromatic nitrogens is 2. The molecule has 0 radical (unpaired) electrons. The zero-order chi connectivity index (χ0) is 13.1. The van der Waals surface area contributed by atoms with E-state index in [-0.39, 0.29) is 22.4 Å². The van der Waals surface area contributed by atoms with Crippen LogP contribution in [0.15, 0.2) is 24.5 Å². The molecule has 0 unspecified atom stereocenters. The van der Waals surface area contributed by atoms with E-state index >= 15 is 0 Å². The highest BCUT2D eigenvalue weighted by molar-refractivity contribution is 6.32. The van der Waals surface area contributed by atoms with Crippen LogP contribution in [0, 0.1) is 12.7 Å². The Morgan fingerprint density at radius 2 is 2.17 bits per heavy atom. The molecular formula is C12H9ClFN3O. The number of benzene rings is 1. The van der Waals surface area contributed by atoms with Crippen molar-refractivity contribution in [3.05, 3.63) is 46.6 Å². The Hall–Kier alpha value is -2.01. The third-order valence-electron chi connectivity index (χ3n) is 2.47. The van der Waals surface area contributed by atoms with E-state index in [1.54, 1.807) is 19.1 Å². The summed E-state index contributed by atoms with van der Waals surface area (Å²) in [7, 11) is 0. The van der Waals surface area contributed by atoms with Gasteiger partial charge in [-0.25, -0.2) is 14.4 Å². The number of anilines is 2. The molecule has 4 nitrogen and oxygen atoms in total. The largest absolute Gasteiger partial charge is 0.339 e. The van der Waals surface area contributed by atoms with Crippen molar-refractivity contribution in [2.24, 2.45) is 0 Å². The average molecular weight is 266 g/mol. The molecule has 0 aliphatic rings. The van der Waals surface area contributed by atoms with E-state index in [4.69, 9.17) is 11.6 Å². The second-order valence-electron chi connectivity index (χ2n) is 3.58.